The summed E-state index contributed by atoms with van der Waals surface area (Å²) >= 11 is 6.13. The summed E-state index contributed by atoms with van der Waals surface area (Å²) in [6, 6.07) is 21.4. The van der Waals surface area contributed by atoms with Gasteiger partial charge in [0.1, 0.15) is 23.4 Å². The number of hydrogen-bond acceptors (Lipinski definition) is 4. The van der Waals surface area contributed by atoms with Crippen molar-refractivity contribution in [1.82, 2.24) is 5.32 Å². The maximum atomic E-state index is 6.13. The number of amidine groups is 1. The zero-order chi connectivity index (χ0) is 22.7. The molecule has 3 aromatic carbocycles. The van der Waals surface area contributed by atoms with E-state index in [2.05, 4.69) is 11.2 Å². The first kappa shape index (κ1) is 21.8. The van der Waals surface area contributed by atoms with Crippen molar-refractivity contribution in [3.63, 3.8) is 0 Å². The number of aliphatic imine (C=N–C) groups is 1. The molecular weight excluding hydrogens is 420 g/mol. The lowest BCUT2D eigenvalue weighted by atomic mass is 9.94. The van der Waals surface area contributed by atoms with Crippen molar-refractivity contribution in [3.8, 4) is 23.8 Å². The molecule has 0 saturated carbocycles. The van der Waals surface area contributed by atoms with Crippen molar-refractivity contribution >= 4 is 17.4 Å². The Hall–Kier alpha value is -3.42. The van der Waals surface area contributed by atoms with E-state index in [4.69, 9.17) is 32.5 Å². The Morgan fingerprint density at radius 1 is 1.00 bits per heavy atom. The molecule has 1 aliphatic heterocycles. The van der Waals surface area contributed by atoms with Gasteiger partial charge in [-0.2, -0.15) is 0 Å². The molecule has 4 nitrogen and oxygen atoms in total. The summed E-state index contributed by atoms with van der Waals surface area (Å²) in [6.07, 6.45) is 5.55. The molecule has 0 fully saturated rings. The van der Waals surface area contributed by atoms with Crippen LogP contribution in [0.5, 0.6) is 11.5 Å². The largest absolute Gasteiger partial charge is 0.497 e. The maximum Gasteiger partial charge on any atom is 0.134 e. The number of benzene rings is 3. The molecule has 0 radical (unpaired) electrons. The van der Waals surface area contributed by atoms with Gasteiger partial charge < -0.3 is 14.8 Å². The molecule has 3 aromatic rings. The highest BCUT2D eigenvalue weighted by atomic mass is 35.5. The number of hydrogen-bond donors (Lipinski definition) is 1. The Balaban J connectivity index is 1.77. The van der Waals surface area contributed by atoms with Gasteiger partial charge >= 0.3 is 0 Å². The number of methoxy groups -OCH3 is 1. The summed E-state index contributed by atoms with van der Waals surface area (Å²) in [4.78, 5) is 5.08. The van der Waals surface area contributed by atoms with E-state index >= 15 is 0 Å². The number of nitrogens with zero attached hydrogens (tertiary/aromatic N) is 1. The van der Waals surface area contributed by atoms with Gasteiger partial charge in [-0.1, -0.05) is 41.8 Å². The maximum absolute atomic E-state index is 6.13. The Morgan fingerprint density at radius 3 is 2.31 bits per heavy atom. The molecule has 0 aliphatic carbocycles. The fraction of sp³-hybridized carbons (Fsp3) is 0.222. The normalized spacial score (nSPS) is 17.4. The minimum Gasteiger partial charge on any atom is -0.497 e. The van der Waals surface area contributed by atoms with Crippen LogP contribution >= 0.6 is 11.6 Å². The quantitative estimate of drug-likeness (QED) is 0.478. The molecule has 5 heteroatoms. The topological polar surface area (TPSA) is 42.8 Å². The molecule has 1 aliphatic rings. The summed E-state index contributed by atoms with van der Waals surface area (Å²) < 4.78 is 11.5. The first-order chi connectivity index (χ1) is 15.5. The van der Waals surface area contributed by atoms with Crippen molar-refractivity contribution in [1.29, 1.82) is 0 Å². The Labute approximate surface area is 194 Å². The van der Waals surface area contributed by atoms with E-state index in [-0.39, 0.29) is 18.2 Å². The van der Waals surface area contributed by atoms with Gasteiger partial charge in [0.15, 0.2) is 0 Å². The molecule has 0 amide bonds. The summed E-state index contributed by atoms with van der Waals surface area (Å²) in [5, 5.41) is 4.32. The molecule has 1 N–H and O–H groups in total. The third-order valence-corrected chi connectivity index (χ3v) is 5.58. The standard InChI is InChI=1S/C27H25ClN2O2/c1-5-18-6-8-19(9-7-18)25-26(20-10-12-21(28)13-11-20)30-27(29-25)23-15-14-22(31-4)16-24(23)32-17(2)3/h1,6-17,25-26H,2-4H3,(H,29,30). The lowest BCUT2D eigenvalue weighted by molar-refractivity contribution is 0.240. The van der Waals surface area contributed by atoms with Gasteiger partial charge in [0.25, 0.3) is 0 Å². The zero-order valence-corrected chi connectivity index (χ0v) is 19.1. The molecule has 4 rings (SSSR count). The van der Waals surface area contributed by atoms with Gasteiger partial charge in [-0.15, -0.1) is 6.42 Å². The van der Waals surface area contributed by atoms with Crippen molar-refractivity contribution in [2.45, 2.75) is 32.0 Å². The fourth-order valence-electron chi connectivity index (χ4n) is 3.78. The van der Waals surface area contributed by atoms with Gasteiger partial charge in [0.2, 0.25) is 0 Å². The van der Waals surface area contributed by atoms with Crippen LogP contribution in [-0.2, 0) is 0 Å². The highest BCUT2D eigenvalue weighted by Gasteiger charge is 2.33. The average Bonchev–Trinajstić information content (AvgIpc) is 3.24. The summed E-state index contributed by atoms with van der Waals surface area (Å²) in [5.74, 6) is 4.91. The van der Waals surface area contributed by atoms with Crippen LogP contribution in [0, 0.1) is 12.3 Å². The third kappa shape index (κ3) is 4.59. The van der Waals surface area contributed by atoms with E-state index in [1.165, 1.54) is 0 Å². The number of rotatable bonds is 6. The second kappa shape index (κ2) is 9.38. The highest BCUT2D eigenvalue weighted by Crippen LogP contribution is 2.39. The highest BCUT2D eigenvalue weighted by molar-refractivity contribution is 6.30. The molecule has 1 heterocycles. The molecule has 2 unspecified atom stereocenters. The molecular formula is C27H25ClN2O2. The lowest BCUT2D eigenvalue weighted by Crippen LogP contribution is -2.26. The van der Waals surface area contributed by atoms with Gasteiger partial charge in [-0.25, -0.2) is 0 Å². The third-order valence-electron chi connectivity index (χ3n) is 5.33. The van der Waals surface area contributed by atoms with Crippen LogP contribution in [0.25, 0.3) is 0 Å². The monoisotopic (exact) mass is 444 g/mol. The van der Waals surface area contributed by atoms with Crippen molar-refractivity contribution < 1.29 is 9.47 Å². The lowest BCUT2D eigenvalue weighted by Gasteiger charge is -2.20. The molecule has 0 saturated heterocycles. The summed E-state index contributed by atoms with van der Waals surface area (Å²) in [7, 11) is 1.64. The second-order valence-corrected chi connectivity index (χ2v) is 8.33. The van der Waals surface area contributed by atoms with E-state index in [1.54, 1.807) is 7.11 Å². The Kier molecular flexibility index (Phi) is 6.39. The van der Waals surface area contributed by atoms with Crippen LogP contribution < -0.4 is 14.8 Å². The molecule has 32 heavy (non-hydrogen) atoms. The van der Waals surface area contributed by atoms with Crippen LogP contribution in [0.4, 0.5) is 0 Å². The fourth-order valence-corrected chi connectivity index (χ4v) is 3.91. The van der Waals surface area contributed by atoms with Crippen LogP contribution in [0.3, 0.4) is 0 Å². The molecule has 0 spiro atoms. The van der Waals surface area contributed by atoms with E-state index < -0.39 is 0 Å². The van der Waals surface area contributed by atoms with Crippen molar-refractivity contribution in [3.05, 3.63) is 94.0 Å². The Bertz CT molecular complexity index is 1160. The molecule has 0 aromatic heterocycles. The molecule has 162 valence electrons. The van der Waals surface area contributed by atoms with Crippen LogP contribution in [0.1, 0.15) is 48.2 Å². The molecule has 0 bridgehead atoms. The van der Waals surface area contributed by atoms with Crippen LogP contribution in [0.2, 0.25) is 5.02 Å². The van der Waals surface area contributed by atoms with Gasteiger partial charge in [-0.3, -0.25) is 4.99 Å². The van der Waals surface area contributed by atoms with Gasteiger partial charge in [0, 0.05) is 16.7 Å². The number of nitrogens with one attached hydrogen (secondary N) is 1. The Morgan fingerprint density at radius 2 is 1.69 bits per heavy atom. The number of ether oxygens (including phenoxy) is 2. The number of halogens is 1. The zero-order valence-electron chi connectivity index (χ0n) is 18.3. The van der Waals surface area contributed by atoms with Crippen molar-refractivity contribution in [2.75, 3.05) is 7.11 Å². The minimum absolute atomic E-state index is 0.0158. The smallest absolute Gasteiger partial charge is 0.134 e. The summed E-state index contributed by atoms with van der Waals surface area (Å²) in [6.45, 7) is 4.00. The predicted octanol–water partition coefficient (Wildman–Crippen LogP) is 5.95. The molecule has 2 atom stereocenters. The summed E-state index contributed by atoms with van der Waals surface area (Å²) in [5.41, 5.74) is 3.91. The predicted molar refractivity (Wildman–Crippen MR) is 130 cm³/mol. The minimum atomic E-state index is -0.132. The van der Waals surface area contributed by atoms with Crippen LogP contribution in [0.15, 0.2) is 71.7 Å². The van der Waals surface area contributed by atoms with E-state index in [0.717, 1.165) is 39.6 Å². The van der Waals surface area contributed by atoms with Crippen molar-refractivity contribution in [2.24, 2.45) is 4.99 Å². The van der Waals surface area contributed by atoms with Crippen LogP contribution in [-0.4, -0.2) is 19.0 Å². The first-order valence-electron chi connectivity index (χ1n) is 10.5. The van der Waals surface area contributed by atoms with Gasteiger partial charge in [0.05, 0.1) is 24.8 Å². The first-order valence-corrected chi connectivity index (χ1v) is 10.9. The SMILES string of the molecule is C#Cc1ccc(C2NC(c3ccc(OC)cc3OC(C)C)=NC2c2ccc(Cl)cc2)cc1. The average molecular weight is 445 g/mol. The van der Waals surface area contributed by atoms with E-state index in [1.807, 2.05) is 80.6 Å². The van der Waals surface area contributed by atoms with Gasteiger partial charge in [-0.05, 0) is 61.4 Å². The number of terminal acetylenes is 1. The van der Waals surface area contributed by atoms with E-state index in [9.17, 15) is 0 Å². The second-order valence-electron chi connectivity index (χ2n) is 7.89. The van der Waals surface area contributed by atoms with E-state index in [0.29, 0.717) is 5.02 Å².